The molecule has 2 heteroatoms. The molecule has 1 fully saturated rings. The van der Waals surface area contributed by atoms with E-state index in [1.54, 1.807) is 0 Å². The molecule has 2 nitrogen and oxygen atoms in total. The van der Waals surface area contributed by atoms with Gasteiger partial charge in [0.2, 0.25) is 0 Å². The number of hydrogen-bond acceptors (Lipinski definition) is 2. The minimum Gasteiger partial charge on any atom is -0.378 e. The molecule has 1 aliphatic rings. The number of unbranched alkanes of at least 4 members (excludes halogenated alkanes) is 1. The van der Waals surface area contributed by atoms with Gasteiger partial charge in [0.25, 0.3) is 0 Å². The molecule has 1 rings (SSSR count). The number of nitrogens with one attached hydrogen (secondary N) is 1. The van der Waals surface area contributed by atoms with Crippen molar-refractivity contribution in [3.63, 3.8) is 0 Å². The molecule has 0 aromatic heterocycles. The SMILES string of the molecule is C#CCCCC(CCC1CCCCO1)NC. The third-order valence-corrected chi connectivity index (χ3v) is 3.39. The highest BCUT2D eigenvalue weighted by molar-refractivity contribution is 4.84. The van der Waals surface area contributed by atoms with E-state index in [-0.39, 0.29) is 0 Å². The number of ether oxygens (including phenoxy) is 1. The minimum absolute atomic E-state index is 0.511. The van der Waals surface area contributed by atoms with Crippen LogP contribution in [0.5, 0.6) is 0 Å². The fourth-order valence-electron chi connectivity index (χ4n) is 2.31. The van der Waals surface area contributed by atoms with Gasteiger partial charge in [-0.3, -0.25) is 0 Å². The normalized spacial score (nSPS) is 22.6. The van der Waals surface area contributed by atoms with Gasteiger partial charge in [0.05, 0.1) is 6.10 Å². The number of hydrogen-bond donors (Lipinski definition) is 1. The van der Waals surface area contributed by atoms with Crippen molar-refractivity contribution in [3.05, 3.63) is 0 Å². The molecule has 0 bridgehead atoms. The van der Waals surface area contributed by atoms with Gasteiger partial charge in [-0.1, -0.05) is 0 Å². The minimum atomic E-state index is 0.511. The monoisotopic (exact) mass is 223 g/mol. The molecule has 0 aromatic carbocycles. The van der Waals surface area contributed by atoms with Crippen LogP contribution in [0.3, 0.4) is 0 Å². The second kappa shape index (κ2) is 8.61. The average molecular weight is 223 g/mol. The zero-order valence-corrected chi connectivity index (χ0v) is 10.5. The Kier molecular flexibility index (Phi) is 7.29. The summed E-state index contributed by atoms with van der Waals surface area (Å²) in [6.07, 6.45) is 15.2. The lowest BCUT2D eigenvalue weighted by molar-refractivity contribution is 0.00854. The van der Waals surface area contributed by atoms with E-state index >= 15 is 0 Å². The predicted octanol–water partition coefficient (Wildman–Crippen LogP) is 2.73. The van der Waals surface area contributed by atoms with Gasteiger partial charge in [0.1, 0.15) is 0 Å². The van der Waals surface area contributed by atoms with Gasteiger partial charge in [-0.15, -0.1) is 12.3 Å². The van der Waals surface area contributed by atoms with Crippen molar-refractivity contribution in [2.24, 2.45) is 0 Å². The van der Waals surface area contributed by atoms with E-state index in [2.05, 4.69) is 11.2 Å². The third-order valence-electron chi connectivity index (χ3n) is 3.39. The highest BCUT2D eigenvalue weighted by Gasteiger charge is 2.15. The molecule has 1 N–H and O–H groups in total. The van der Waals surface area contributed by atoms with Crippen molar-refractivity contribution in [1.29, 1.82) is 0 Å². The van der Waals surface area contributed by atoms with E-state index < -0.39 is 0 Å². The maximum absolute atomic E-state index is 5.74. The molecule has 0 spiro atoms. The lowest BCUT2D eigenvalue weighted by Gasteiger charge is -2.24. The van der Waals surface area contributed by atoms with Crippen LogP contribution in [0.25, 0.3) is 0 Å². The molecule has 2 unspecified atom stereocenters. The average Bonchev–Trinajstić information content (AvgIpc) is 2.35. The van der Waals surface area contributed by atoms with Gasteiger partial charge in [0, 0.05) is 19.1 Å². The van der Waals surface area contributed by atoms with Crippen LogP contribution in [-0.4, -0.2) is 25.8 Å². The Morgan fingerprint density at radius 1 is 1.44 bits per heavy atom. The summed E-state index contributed by atoms with van der Waals surface area (Å²) in [5, 5.41) is 3.38. The maximum Gasteiger partial charge on any atom is 0.0575 e. The summed E-state index contributed by atoms with van der Waals surface area (Å²) in [6, 6.07) is 0.610. The van der Waals surface area contributed by atoms with Crippen molar-refractivity contribution in [2.75, 3.05) is 13.7 Å². The molecule has 0 aromatic rings. The zero-order chi connectivity index (χ0) is 11.6. The first kappa shape index (κ1) is 13.5. The van der Waals surface area contributed by atoms with Crippen LogP contribution in [0.4, 0.5) is 0 Å². The third kappa shape index (κ3) is 5.53. The van der Waals surface area contributed by atoms with E-state index in [1.807, 2.05) is 7.05 Å². The summed E-state index contributed by atoms with van der Waals surface area (Å²) in [4.78, 5) is 0. The highest BCUT2D eigenvalue weighted by atomic mass is 16.5. The van der Waals surface area contributed by atoms with Gasteiger partial charge in [-0.05, 0) is 52.0 Å². The first-order valence-corrected chi connectivity index (χ1v) is 6.59. The Hall–Kier alpha value is -0.520. The molecule has 0 radical (unpaired) electrons. The Balaban J connectivity index is 2.09. The molecule has 1 heterocycles. The first-order chi connectivity index (χ1) is 7.86. The van der Waals surface area contributed by atoms with Crippen LogP contribution in [0.1, 0.15) is 51.4 Å². The molecule has 1 aliphatic heterocycles. The molecular formula is C14H25NO. The Morgan fingerprint density at radius 3 is 2.94 bits per heavy atom. The quantitative estimate of drug-likeness (QED) is 0.529. The lowest BCUT2D eigenvalue weighted by atomic mass is 9.99. The standard InChI is InChI=1S/C14H25NO/c1-3-4-5-8-13(15-2)10-11-14-9-6-7-12-16-14/h1,13-15H,4-12H2,2H3. The summed E-state index contributed by atoms with van der Waals surface area (Å²) in [5.74, 6) is 2.70. The molecule has 0 saturated carbocycles. The molecule has 0 aliphatic carbocycles. The summed E-state index contributed by atoms with van der Waals surface area (Å²) >= 11 is 0. The molecule has 0 amide bonds. The van der Waals surface area contributed by atoms with Crippen molar-refractivity contribution in [3.8, 4) is 12.3 Å². The summed E-state index contributed by atoms with van der Waals surface area (Å²) in [6.45, 7) is 0.964. The highest BCUT2D eigenvalue weighted by Crippen LogP contribution is 2.18. The molecule has 92 valence electrons. The van der Waals surface area contributed by atoms with Gasteiger partial charge in [-0.2, -0.15) is 0 Å². The predicted molar refractivity (Wildman–Crippen MR) is 68.4 cm³/mol. The van der Waals surface area contributed by atoms with Crippen molar-refractivity contribution in [1.82, 2.24) is 5.32 Å². The summed E-state index contributed by atoms with van der Waals surface area (Å²) in [5.41, 5.74) is 0. The van der Waals surface area contributed by atoms with Crippen molar-refractivity contribution < 1.29 is 4.74 Å². The van der Waals surface area contributed by atoms with Crippen LogP contribution in [-0.2, 0) is 4.74 Å². The van der Waals surface area contributed by atoms with E-state index in [0.29, 0.717) is 12.1 Å². The largest absolute Gasteiger partial charge is 0.378 e. The van der Waals surface area contributed by atoms with Crippen LogP contribution in [0.15, 0.2) is 0 Å². The van der Waals surface area contributed by atoms with Crippen LogP contribution < -0.4 is 5.32 Å². The molecule has 16 heavy (non-hydrogen) atoms. The molecular weight excluding hydrogens is 198 g/mol. The Bertz CT molecular complexity index is 203. The summed E-state index contributed by atoms with van der Waals surface area (Å²) in [7, 11) is 2.04. The topological polar surface area (TPSA) is 21.3 Å². The zero-order valence-electron chi connectivity index (χ0n) is 10.5. The number of rotatable bonds is 7. The second-order valence-electron chi connectivity index (χ2n) is 4.65. The van der Waals surface area contributed by atoms with Crippen LogP contribution in [0, 0.1) is 12.3 Å². The van der Waals surface area contributed by atoms with Crippen molar-refractivity contribution in [2.45, 2.75) is 63.5 Å². The lowest BCUT2D eigenvalue weighted by Crippen LogP contribution is -2.28. The number of terminal acetylenes is 1. The Labute approximate surface area is 100 Å². The maximum atomic E-state index is 5.74. The smallest absolute Gasteiger partial charge is 0.0575 e. The molecule has 2 atom stereocenters. The molecule has 1 saturated heterocycles. The van der Waals surface area contributed by atoms with Crippen molar-refractivity contribution >= 4 is 0 Å². The van der Waals surface area contributed by atoms with Gasteiger partial charge in [-0.25, -0.2) is 0 Å². The van der Waals surface area contributed by atoms with Gasteiger partial charge >= 0.3 is 0 Å². The van der Waals surface area contributed by atoms with E-state index in [4.69, 9.17) is 11.2 Å². The first-order valence-electron chi connectivity index (χ1n) is 6.59. The van der Waals surface area contributed by atoms with E-state index in [9.17, 15) is 0 Å². The summed E-state index contributed by atoms with van der Waals surface area (Å²) < 4.78 is 5.74. The van der Waals surface area contributed by atoms with Gasteiger partial charge < -0.3 is 10.1 Å². The van der Waals surface area contributed by atoms with E-state index in [1.165, 1.54) is 38.5 Å². The van der Waals surface area contributed by atoms with Crippen LogP contribution in [0.2, 0.25) is 0 Å². The Morgan fingerprint density at radius 2 is 2.31 bits per heavy atom. The van der Waals surface area contributed by atoms with Gasteiger partial charge in [0.15, 0.2) is 0 Å². The van der Waals surface area contributed by atoms with Crippen LogP contribution >= 0.6 is 0 Å². The fraction of sp³-hybridized carbons (Fsp3) is 0.857. The van der Waals surface area contributed by atoms with E-state index in [0.717, 1.165) is 19.4 Å². The fourth-order valence-corrected chi connectivity index (χ4v) is 2.31. The second-order valence-corrected chi connectivity index (χ2v) is 4.65.